The zero-order valence-corrected chi connectivity index (χ0v) is 23.0. The Morgan fingerprint density at radius 1 is 1.11 bits per heavy atom. The first-order valence-corrected chi connectivity index (χ1v) is 14.9. The van der Waals surface area contributed by atoms with Gasteiger partial charge in [-0.3, -0.25) is 14.2 Å². The molecule has 8 heteroatoms. The molecule has 5 rings (SSSR count). The Balaban J connectivity index is 1.45. The molecule has 1 saturated carbocycles. The lowest BCUT2D eigenvalue weighted by atomic mass is 9.95. The number of rotatable bonds is 9. The van der Waals surface area contributed by atoms with Crippen LogP contribution >= 0.6 is 11.8 Å². The molecular weight excluding hydrogens is 496 g/mol. The minimum atomic E-state index is -0.295. The van der Waals surface area contributed by atoms with Gasteiger partial charge in [0.2, 0.25) is 5.91 Å². The van der Waals surface area contributed by atoms with Crippen LogP contribution in [0, 0.1) is 0 Å². The lowest BCUT2D eigenvalue weighted by Gasteiger charge is -2.29. The van der Waals surface area contributed by atoms with E-state index in [1.54, 1.807) is 4.57 Å². The van der Waals surface area contributed by atoms with Crippen LogP contribution in [0.25, 0.3) is 10.9 Å². The van der Waals surface area contributed by atoms with Crippen LogP contribution in [0.1, 0.15) is 51.0 Å². The maximum absolute atomic E-state index is 13.9. The van der Waals surface area contributed by atoms with Gasteiger partial charge in [0.05, 0.1) is 29.4 Å². The monoisotopic (exact) mass is 534 g/mol. The average Bonchev–Trinajstić information content (AvgIpc) is 2.97. The molecule has 2 aromatic carbocycles. The molecule has 0 radical (unpaired) electrons. The van der Waals surface area contributed by atoms with E-state index in [0.29, 0.717) is 42.2 Å². The lowest BCUT2D eigenvalue weighted by molar-refractivity contribution is -0.121. The summed E-state index contributed by atoms with van der Waals surface area (Å²) in [6.45, 7) is 5.53. The second kappa shape index (κ2) is 12.8. The fraction of sp³-hybridized carbons (Fsp3) is 0.500. The van der Waals surface area contributed by atoms with E-state index in [9.17, 15) is 9.59 Å². The fourth-order valence-electron chi connectivity index (χ4n) is 5.37. The van der Waals surface area contributed by atoms with E-state index >= 15 is 0 Å². The van der Waals surface area contributed by atoms with Gasteiger partial charge in [0.1, 0.15) is 0 Å². The summed E-state index contributed by atoms with van der Waals surface area (Å²) in [5.41, 5.74) is 2.81. The quantitative estimate of drug-likeness (QED) is 0.314. The molecule has 2 fully saturated rings. The number of morpholine rings is 1. The number of carbonyl (C=O) groups excluding carboxylic acids is 1. The second-order valence-electron chi connectivity index (χ2n) is 10.2. The number of fused-ring (bicyclic) bond motifs is 1. The Bertz CT molecular complexity index is 1280. The van der Waals surface area contributed by atoms with Gasteiger partial charge in [-0.25, -0.2) is 4.98 Å². The maximum atomic E-state index is 13.9. The molecule has 1 amide bonds. The molecule has 2 aliphatic rings. The number of aromatic nitrogens is 2. The van der Waals surface area contributed by atoms with Gasteiger partial charge in [-0.1, -0.05) is 68.3 Å². The molecule has 1 saturated heterocycles. The number of carbonyl (C=O) groups is 1. The Hall–Kier alpha value is -2.84. The molecule has 1 atom stereocenters. The smallest absolute Gasteiger partial charge is 0.262 e. The van der Waals surface area contributed by atoms with Crippen LogP contribution in [0.5, 0.6) is 0 Å². The highest BCUT2D eigenvalue weighted by Crippen LogP contribution is 2.28. The topological polar surface area (TPSA) is 76.5 Å². The number of anilines is 1. The minimum Gasteiger partial charge on any atom is -0.378 e. The molecule has 2 heterocycles. The zero-order valence-electron chi connectivity index (χ0n) is 22.2. The van der Waals surface area contributed by atoms with E-state index in [1.807, 2.05) is 43.3 Å². The van der Waals surface area contributed by atoms with Gasteiger partial charge < -0.3 is 15.0 Å². The minimum absolute atomic E-state index is 0.0499. The largest absolute Gasteiger partial charge is 0.378 e. The third-order valence-corrected chi connectivity index (χ3v) is 8.96. The van der Waals surface area contributed by atoms with Crippen molar-refractivity contribution in [2.24, 2.45) is 0 Å². The van der Waals surface area contributed by atoms with E-state index in [2.05, 4.69) is 22.3 Å². The first-order valence-electron chi connectivity index (χ1n) is 14.0. The van der Waals surface area contributed by atoms with Crippen molar-refractivity contribution in [1.82, 2.24) is 14.9 Å². The summed E-state index contributed by atoms with van der Waals surface area (Å²) in [7, 11) is 0. The van der Waals surface area contributed by atoms with Crippen LogP contribution in [0.4, 0.5) is 5.69 Å². The molecule has 38 heavy (non-hydrogen) atoms. The summed E-state index contributed by atoms with van der Waals surface area (Å²) in [5, 5.41) is 4.21. The summed E-state index contributed by atoms with van der Waals surface area (Å²) in [6.07, 6.45) is 7.09. The van der Waals surface area contributed by atoms with Gasteiger partial charge in [0.15, 0.2) is 5.16 Å². The number of hydrogen-bond acceptors (Lipinski definition) is 6. The number of ether oxygens (including phenoxy) is 1. The number of nitrogens with zero attached hydrogens (tertiary/aromatic N) is 3. The van der Waals surface area contributed by atoms with Gasteiger partial charge in [0.25, 0.3) is 5.56 Å². The zero-order chi connectivity index (χ0) is 26.3. The Labute approximate surface area is 229 Å². The highest BCUT2D eigenvalue weighted by atomic mass is 32.2. The van der Waals surface area contributed by atoms with Crippen molar-refractivity contribution in [1.29, 1.82) is 0 Å². The molecule has 3 aromatic rings. The normalized spacial score (nSPS) is 17.4. The number of amides is 1. The van der Waals surface area contributed by atoms with Crippen LogP contribution in [0.2, 0.25) is 0 Å². The summed E-state index contributed by atoms with van der Waals surface area (Å²) < 4.78 is 7.28. The number of benzene rings is 2. The highest BCUT2D eigenvalue weighted by Gasteiger charge is 2.25. The third-order valence-electron chi connectivity index (χ3n) is 7.61. The van der Waals surface area contributed by atoms with Crippen molar-refractivity contribution in [3.63, 3.8) is 0 Å². The Morgan fingerprint density at radius 3 is 2.61 bits per heavy atom. The summed E-state index contributed by atoms with van der Waals surface area (Å²) in [6, 6.07) is 16.4. The number of hydrogen-bond donors (Lipinski definition) is 1. The van der Waals surface area contributed by atoms with Crippen molar-refractivity contribution in [2.45, 2.75) is 74.9 Å². The molecule has 7 nitrogen and oxygen atoms in total. The van der Waals surface area contributed by atoms with Gasteiger partial charge in [-0.05, 0) is 49.4 Å². The first-order chi connectivity index (χ1) is 18.6. The van der Waals surface area contributed by atoms with Crippen LogP contribution in [0.15, 0.2) is 58.5 Å². The Kier molecular flexibility index (Phi) is 9.02. The van der Waals surface area contributed by atoms with Crippen LogP contribution in [-0.2, 0) is 22.5 Å². The van der Waals surface area contributed by atoms with Gasteiger partial charge in [-0.2, -0.15) is 0 Å². The molecule has 1 aliphatic carbocycles. The fourth-order valence-corrected chi connectivity index (χ4v) is 6.42. The molecule has 1 unspecified atom stereocenters. The van der Waals surface area contributed by atoms with Gasteiger partial charge in [-0.15, -0.1) is 0 Å². The number of thioether (sulfide) groups is 1. The predicted octanol–water partition coefficient (Wildman–Crippen LogP) is 4.80. The van der Waals surface area contributed by atoms with E-state index in [1.165, 1.54) is 36.6 Å². The summed E-state index contributed by atoms with van der Waals surface area (Å²) in [4.78, 5) is 34.4. The van der Waals surface area contributed by atoms with Crippen molar-refractivity contribution < 1.29 is 9.53 Å². The van der Waals surface area contributed by atoms with Crippen LogP contribution in [-0.4, -0.2) is 53.1 Å². The molecule has 0 spiro atoms. The van der Waals surface area contributed by atoms with E-state index in [-0.39, 0.29) is 22.8 Å². The summed E-state index contributed by atoms with van der Waals surface area (Å²) in [5.74, 6) is 0.0519. The third kappa shape index (κ3) is 6.41. The van der Waals surface area contributed by atoms with E-state index < -0.39 is 0 Å². The predicted molar refractivity (Wildman–Crippen MR) is 154 cm³/mol. The molecule has 1 N–H and O–H groups in total. The molecule has 1 aliphatic heterocycles. The number of aryl methyl sites for hydroxylation is 1. The summed E-state index contributed by atoms with van der Waals surface area (Å²) >= 11 is 1.42. The first kappa shape index (κ1) is 26.8. The average molecular weight is 535 g/mol. The van der Waals surface area contributed by atoms with Crippen molar-refractivity contribution in [2.75, 3.05) is 31.2 Å². The van der Waals surface area contributed by atoms with Crippen LogP contribution in [0.3, 0.4) is 0 Å². The Morgan fingerprint density at radius 2 is 1.87 bits per heavy atom. The van der Waals surface area contributed by atoms with E-state index in [4.69, 9.17) is 9.72 Å². The lowest BCUT2D eigenvalue weighted by Crippen LogP contribution is -2.41. The SMILES string of the molecule is CCC(Sc1nc2ccc(N3CCOCC3)cc2c(=O)n1CCc1ccccc1)C(=O)NC1CCCCC1. The molecular formula is C30H38N4O3S. The maximum Gasteiger partial charge on any atom is 0.262 e. The highest BCUT2D eigenvalue weighted by molar-refractivity contribution is 8.00. The molecule has 202 valence electrons. The van der Waals surface area contributed by atoms with Crippen molar-refractivity contribution in [3.8, 4) is 0 Å². The molecule has 1 aromatic heterocycles. The van der Waals surface area contributed by atoms with Gasteiger partial charge in [0, 0.05) is 31.4 Å². The second-order valence-corrected chi connectivity index (χ2v) is 11.4. The standard InChI is InChI=1S/C30H38N4O3S/c1-2-27(28(35)31-23-11-7-4-8-12-23)38-30-32-26-14-13-24(33-17-19-37-20-18-33)21-25(26)29(36)34(30)16-15-22-9-5-3-6-10-22/h3,5-6,9-10,13-14,21,23,27H,2,4,7-8,11-12,15-20H2,1H3,(H,31,35). The van der Waals surface area contributed by atoms with Crippen molar-refractivity contribution in [3.05, 3.63) is 64.4 Å². The van der Waals surface area contributed by atoms with E-state index in [0.717, 1.165) is 38.0 Å². The molecule has 0 bridgehead atoms. The van der Waals surface area contributed by atoms with Crippen molar-refractivity contribution >= 4 is 34.3 Å². The number of nitrogens with one attached hydrogen (secondary N) is 1. The van der Waals surface area contributed by atoms with Gasteiger partial charge >= 0.3 is 0 Å². The van der Waals surface area contributed by atoms with Crippen LogP contribution < -0.4 is 15.8 Å².